The Morgan fingerprint density at radius 3 is 2.28 bits per heavy atom. The summed E-state index contributed by atoms with van der Waals surface area (Å²) < 4.78 is 13.6. The molecular weight excluding hydrogens is 707 g/mol. The molecule has 0 aromatic heterocycles. The van der Waals surface area contributed by atoms with Gasteiger partial charge in [-0.3, -0.25) is 9.69 Å². The van der Waals surface area contributed by atoms with Gasteiger partial charge >= 0.3 is 0 Å². The SMILES string of the molecule is COc1cc(I)c2cc3n(cc-2c1=O)CCc1cc(CO)ccc1-3.COc1ccc2c(c1O)CN1CCc3cc(CO)ccc3C1C2. The standard InChI is InChI=1S/C19H16INO3.C19H21NO3/c1-24-18-8-16(20)14-7-17-13-3-2-11(10-22)6-12(13)4-5-21(17)9-15(14)19(18)23;1-23-18-5-3-13-9-17-15-4-2-12(11-21)8-14(15)6-7-20(17)10-16(13)19(18)22/h2-3,6-9,22H,4-5,10H2,1H3;2-5,8,17,21-22H,6-7,9-11H2,1H3. The van der Waals surface area contributed by atoms with E-state index < -0.39 is 0 Å². The number of rotatable bonds is 4. The summed E-state index contributed by atoms with van der Waals surface area (Å²) in [5, 5.41) is 29.1. The first kappa shape index (κ1) is 31.7. The molecule has 3 N–H and O–H groups in total. The Hall–Kier alpha value is -3.90. The maximum atomic E-state index is 12.6. The maximum absolute atomic E-state index is 12.6. The van der Waals surface area contributed by atoms with Crippen molar-refractivity contribution in [2.75, 3.05) is 20.8 Å². The molecule has 0 saturated carbocycles. The third kappa shape index (κ3) is 5.69. The van der Waals surface area contributed by atoms with Gasteiger partial charge < -0.3 is 29.4 Å². The molecule has 1 aliphatic carbocycles. The molecule has 47 heavy (non-hydrogen) atoms. The summed E-state index contributed by atoms with van der Waals surface area (Å²) in [6.07, 6.45) is 4.72. The minimum atomic E-state index is -0.0651. The average molecular weight is 745 g/mol. The Morgan fingerprint density at radius 1 is 0.809 bits per heavy atom. The highest BCUT2D eigenvalue weighted by atomic mass is 127. The van der Waals surface area contributed by atoms with Crippen molar-refractivity contribution in [2.24, 2.45) is 0 Å². The van der Waals surface area contributed by atoms with Crippen molar-refractivity contribution in [3.05, 3.63) is 120 Å². The number of phenolic OH excluding ortho intramolecular Hbond substituents is 1. The number of benzene rings is 4. The van der Waals surface area contributed by atoms with Crippen molar-refractivity contribution in [1.29, 1.82) is 0 Å². The molecule has 8 nitrogen and oxygen atoms in total. The van der Waals surface area contributed by atoms with Crippen LogP contribution in [0.25, 0.3) is 22.4 Å². The van der Waals surface area contributed by atoms with Gasteiger partial charge in [-0.15, -0.1) is 0 Å². The molecule has 0 bridgehead atoms. The van der Waals surface area contributed by atoms with Crippen molar-refractivity contribution in [3.8, 4) is 39.6 Å². The third-order valence-corrected chi connectivity index (χ3v) is 10.7. The minimum absolute atomic E-state index is 0.0578. The van der Waals surface area contributed by atoms with E-state index in [-0.39, 0.29) is 24.4 Å². The predicted molar refractivity (Wildman–Crippen MR) is 189 cm³/mol. The lowest BCUT2D eigenvalue weighted by molar-refractivity contribution is 0.158. The molecular formula is C38H37IN2O6. The van der Waals surface area contributed by atoms with Gasteiger partial charge in [-0.25, -0.2) is 0 Å². The number of aliphatic hydroxyl groups excluding tert-OH is 2. The van der Waals surface area contributed by atoms with E-state index in [1.165, 1.54) is 34.9 Å². The fourth-order valence-electron chi connectivity index (χ4n) is 7.32. The minimum Gasteiger partial charge on any atom is -0.504 e. The van der Waals surface area contributed by atoms with Crippen LogP contribution in [-0.4, -0.2) is 45.6 Å². The topological polar surface area (TPSA) is 104 Å². The number of ether oxygens (including phenoxy) is 2. The number of hydrogen-bond donors (Lipinski definition) is 3. The summed E-state index contributed by atoms with van der Waals surface area (Å²) in [4.78, 5) is 15.0. The zero-order valence-corrected chi connectivity index (χ0v) is 28.6. The van der Waals surface area contributed by atoms with Crippen molar-refractivity contribution >= 4 is 22.6 Å². The Bertz CT molecular complexity index is 2020. The zero-order valence-electron chi connectivity index (χ0n) is 26.4. The van der Waals surface area contributed by atoms with Gasteiger partial charge in [0.05, 0.1) is 33.0 Å². The molecule has 1 atom stereocenters. The number of aliphatic hydroxyl groups is 2. The lowest BCUT2D eigenvalue weighted by Crippen LogP contribution is -2.39. The lowest BCUT2D eigenvalue weighted by atomic mass is 9.83. The van der Waals surface area contributed by atoms with Crippen LogP contribution < -0.4 is 14.9 Å². The number of aromatic nitrogens is 1. The molecule has 4 aliphatic heterocycles. The monoisotopic (exact) mass is 744 g/mol. The quantitative estimate of drug-likeness (QED) is 0.199. The molecule has 242 valence electrons. The summed E-state index contributed by atoms with van der Waals surface area (Å²) in [6.45, 7) is 2.70. The van der Waals surface area contributed by atoms with E-state index in [1.807, 2.05) is 24.4 Å². The lowest BCUT2D eigenvalue weighted by Gasteiger charge is -2.41. The summed E-state index contributed by atoms with van der Waals surface area (Å²) in [5.74, 6) is 1.22. The average Bonchev–Trinajstić information content (AvgIpc) is 3.11. The smallest absolute Gasteiger partial charge is 0.229 e. The number of hydrogen-bond acceptors (Lipinski definition) is 7. The highest BCUT2D eigenvalue weighted by Crippen LogP contribution is 2.43. The molecule has 0 amide bonds. The highest BCUT2D eigenvalue weighted by Gasteiger charge is 2.33. The van der Waals surface area contributed by atoms with E-state index in [1.54, 1.807) is 13.2 Å². The predicted octanol–water partition coefficient (Wildman–Crippen LogP) is 5.83. The van der Waals surface area contributed by atoms with E-state index in [4.69, 9.17) is 9.47 Å². The van der Waals surface area contributed by atoms with Gasteiger partial charge in [0, 0.05) is 57.8 Å². The second kappa shape index (κ2) is 13.0. The molecule has 0 radical (unpaired) electrons. The number of pyridine rings is 1. The van der Waals surface area contributed by atoms with Crippen molar-refractivity contribution in [3.63, 3.8) is 0 Å². The van der Waals surface area contributed by atoms with Crippen LogP contribution in [0.1, 0.15) is 45.0 Å². The molecule has 9 heteroatoms. The molecule has 8 rings (SSSR count). The van der Waals surface area contributed by atoms with E-state index in [0.29, 0.717) is 23.1 Å². The van der Waals surface area contributed by atoms with Crippen LogP contribution in [0, 0.1) is 3.57 Å². The Morgan fingerprint density at radius 2 is 1.53 bits per heavy atom. The van der Waals surface area contributed by atoms with Crippen molar-refractivity contribution in [1.82, 2.24) is 9.47 Å². The molecule has 0 spiro atoms. The van der Waals surface area contributed by atoms with Crippen molar-refractivity contribution < 1.29 is 24.8 Å². The van der Waals surface area contributed by atoms with E-state index in [2.05, 4.69) is 68.5 Å². The first-order chi connectivity index (χ1) is 22.8. The molecule has 1 unspecified atom stereocenters. The molecule has 4 heterocycles. The fraction of sp³-hybridized carbons (Fsp3) is 0.289. The van der Waals surface area contributed by atoms with E-state index in [9.17, 15) is 20.1 Å². The van der Waals surface area contributed by atoms with Crippen LogP contribution in [-0.2, 0) is 45.6 Å². The molecule has 5 aliphatic rings. The highest BCUT2D eigenvalue weighted by molar-refractivity contribution is 14.1. The second-order valence-corrected chi connectivity index (χ2v) is 13.5. The van der Waals surface area contributed by atoms with Crippen LogP contribution in [0.2, 0.25) is 0 Å². The van der Waals surface area contributed by atoms with E-state index in [0.717, 1.165) is 70.4 Å². The van der Waals surface area contributed by atoms with Crippen LogP contribution in [0.15, 0.2) is 71.7 Å². The van der Waals surface area contributed by atoms with Gasteiger partial charge in [0.1, 0.15) is 0 Å². The number of methoxy groups -OCH3 is 2. The Balaban J connectivity index is 0.000000150. The molecule has 3 aromatic rings. The van der Waals surface area contributed by atoms with Crippen LogP contribution in [0.5, 0.6) is 17.2 Å². The van der Waals surface area contributed by atoms with Crippen molar-refractivity contribution in [2.45, 2.75) is 51.6 Å². The summed E-state index contributed by atoms with van der Waals surface area (Å²) in [6, 6.07) is 20.6. The fourth-order valence-corrected chi connectivity index (χ4v) is 8.05. The van der Waals surface area contributed by atoms with Gasteiger partial charge in [0.25, 0.3) is 0 Å². The first-order valence-electron chi connectivity index (χ1n) is 15.8. The van der Waals surface area contributed by atoms with Gasteiger partial charge in [-0.2, -0.15) is 0 Å². The third-order valence-electron chi connectivity index (χ3n) is 9.81. The van der Waals surface area contributed by atoms with Crippen LogP contribution >= 0.6 is 22.6 Å². The number of fused-ring (bicyclic) bond motifs is 8. The van der Waals surface area contributed by atoms with Gasteiger partial charge in [0.2, 0.25) is 5.43 Å². The summed E-state index contributed by atoms with van der Waals surface area (Å²) in [7, 11) is 3.11. The molecule has 3 aromatic carbocycles. The zero-order chi connectivity index (χ0) is 32.8. The Labute approximate surface area is 287 Å². The molecule has 0 fully saturated rings. The second-order valence-electron chi connectivity index (χ2n) is 12.4. The first-order valence-corrected chi connectivity index (χ1v) is 16.9. The van der Waals surface area contributed by atoms with Gasteiger partial charge in [-0.1, -0.05) is 42.5 Å². The number of aryl methyl sites for hydroxylation is 2. The number of halogens is 1. The number of aromatic hydroxyl groups is 1. The largest absolute Gasteiger partial charge is 0.504 e. The normalized spacial score (nSPS) is 16.1. The molecule has 0 saturated heterocycles. The van der Waals surface area contributed by atoms with Crippen LogP contribution in [0.3, 0.4) is 0 Å². The van der Waals surface area contributed by atoms with Gasteiger partial charge in [0.15, 0.2) is 17.2 Å². The number of phenols is 1. The summed E-state index contributed by atoms with van der Waals surface area (Å²) in [5.41, 5.74) is 11.9. The summed E-state index contributed by atoms with van der Waals surface area (Å²) >= 11 is 2.25. The Kier molecular flexibility index (Phi) is 8.73. The van der Waals surface area contributed by atoms with E-state index >= 15 is 0 Å². The maximum Gasteiger partial charge on any atom is 0.229 e. The number of nitrogens with zero attached hydrogens (tertiary/aromatic N) is 2. The van der Waals surface area contributed by atoms with Gasteiger partial charge in [-0.05, 0) is 93.4 Å². The van der Waals surface area contributed by atoms with Crippen LogP contribution in [0.4, 0.5) is 0 Å².